The van der Waals surface area contributed by atoms with Crippen molar-refractivity contribution in [3.8, 4) is 21.8 Å². The number of nitrogen functional groups attached to an aromatic ring is 1. The summed E-state index contributed by atoms with van der Waals surface area (Å²) in [6, 6.07) is 6.05. The summed E-state index contributed by atoms with van der Waals surface area (Å²) in [6.45, 7) is 1.91. The Morgan fingerprint density at radius 1 is 1.26 bits per heavy atom. The number of hydrogen-bond acceptors (Lipinski definition) is 5. The van der Waals surface area contributed by atoms with E-state index in [2.05, 4.69) is 10.1 Å². The van der Waals surface area contributed by atoms with Crippen LogP contribution >= 0.6 is 11.3 Å². The van der Waals surface area contributed by atoms with Crippen molar-refractivity contribution < 1.29 is 8.91 Å². The van der Waals surface area contributed by atoms with Gasteiger partial charge in [0.05, 0.1) is 15.4 Å². The maximum Gasteiger partial charge on any atom is 0.188 e. The van der Waals surface area contributed by atoms with Crippen molar-refractivity contribution in [1.82, 2.24) is 10.1 Å². The molecule has 0 aliphatic rings. The first-order valence-electron chi connectivity index (χ1n) is 5.59. The Balaban J connectivity index is 2.16. The Labute approximate surface area is 112 Å². The van der Waals surface area contributed by atoms with E-state index in [1.807, 2.05) is 6.92 Å². The molecule has 19 heavy (non-hydrogen) atoms. The summed E-state index contributed by atoms with van der Waals surface area (Å²) in [5, 5.41) is 4.71. The maximum absolute atomic E-state index is 13.0. The number of rotatable bonds is 2. The Morgan fingerprint density at radius 3 is 2.63 bits per heavy atom. The third-order valence-corrected chi connectivity index (χ3v) is 3.61. The molecule has 6 heteroatoms. The standard InChI is InChI=1S/C13H10FN3OS/c1-7-16-6-10(19-7)12-11(13(15)17-18-12)8-2-4-9(14)5-3-8/h2-6H,1H3,(H2,15,17). The summed E-state index contributed by atoms with van der Waals surface area (Å²) >= 11 is 1.49. The minimum absolute atomic E-state index is 0.285. The molecular weight excluding hydrogens is 265 g/mol. The van der Waals surface area contributed by atoms with Crippen LogP contribution in [0.5, 0.6) is 0 Å². The number of thiazole rings is 1. The molecule has 2 N–H and O–H groups in total. The third kappa shape index (κ3) is 2.10. The van der Waals surface area contributed by atoms with Gasteiger partial charge in [-0.1, -0.05) is 17.3 Å². The summed E-state index contributed by atoms with van der Waals surface area (Å²) in [6.07, 6.45) is 1.72. The van der Waals surface area contributed by atoms with Crippen molar-refractivity contribution in [3.05, 3.63) is 41.3 Å². The first-order valence-corrected chi connectivity index (χ1v) is 6.40. The van der Waals surface area contributed by atoms with Crippen molar-refractivity contribution in [3.63, 3.8) is 0 Å². The molecule has 0 fully saturated rings. The largest absolute Gasteiger partial charge is 0.380 e. The Hall–Kier alpha value is -2.21. The highest BCUT2D eigenvalue weighted by molar-refractivity contribution is 7.15. The molecule has 3 rings (SSSR count). The van der Waals surface area contributed by atoms with E-state index >= 15 is 0 Å². The van der Waals surface area contributed by atoms with Gasteiger partial charge in [0.25, 0.3) is 0 Å². The minimum Gasteiger partial charge on any atom is -0.380 e. The Bertz CT molecular complexity index is 718. The summed E-state index contributed by atoms with van der Waals surface area (Å²) in [5.41, 5.74) is 7.28. The van der Waals surface area contributed by atoms with Gasteiger partial charge in [-0.25, -0.2) is 9.37 Å². The van der Waals surface area contributed by atoms with Crippen LogP contribution in [0.1, 0.15) is 5.01 Å². The van der Waals surface area contributed by atoms with Gasteiger partial charge in [-0.15, -0.1) is 11.3 Å². The molecule has 4 nitrogen and oxygen atoms in total. The fourth-order valence-corrected chi connectivity index (χ4v) is 2.59. The number of aromatic nitrogens is 2. The first-order chi connectivity index (χ1) is 9.15. The zero-order valence-electron chi connectivity index (χ0n) is 10.1. The number of aryl methyl sites for hydroxylation is 1. The van der Waals surface area contributed by atoms with E-state index in [1.54, 1.807) is 18.3 Å². The van der Waals surface area contributed by atoms with Crippen LogP contribution in [0, 0.1) is 12.7 Å². The molecule has 0 saturated heterocycles. The van der Waals surface area contributed by atoms with Crippen molar-refractivity contribution in [2.24, 2.45) is 0 Å². The summed E-state index contributed by atoms with van der Waals surface area (Å²) < 4.78 is 18.3. The second-order valence-corrected chi connectivity index (χ2v) is 5.26. The second kappa shape index (κ2) is 4.47. The number of nitrogens with two attached hydrogens (primary N) is 1. The Kier molecular flexibility index (Phi) is 2.79. The lowest BCUT2D eigenvalue weighted by Crippen LogP contribution is -1.88. The highest BCUT2D eigenvalue weighted by atomic mass is 32.1. The monoisotopic (exact) mass is 275 g/mol. The van der Waals surface area contributed by atoms with E-state index in [4.69, 9.17) is 10.3 Å². The van der Waals surface area contributed by atoms with Crippen LogP contribution in [0.2, 0.25) is 0 Å². The molecule has 1 aromatic carbocycles. The minimum atomic E-state index is -0.297. The molecule has 96 valence electrons. The molecule has 0 aliphatic heterocycles. The van der Waals surface area contributed by atoms with Crippen molar-refractivity contribution in [2.45, 2.75) is 6.92 Å². The number of anilines is 1. The molecule has 0 unspecified atom stereocenters. The third-order valence-electron chi connectivity index (χ3n) is 2.70. The van der Waals surface area contributed by atoms with Crippen molar-refractivity contribution in [1.29, 1.82) is 0 Å². The number of hydrogen-bond donors (Lipinski definition) is 1. The van der Waals surface area contributed by atoms with Gasteiger partial charge in [-0.05, 0) is 24.6 Å². The van der Waals surface area contributed by atoms with E-state index in [9.17, 15) is 4.39 Å². The first kappa shape index (κ1) is 11.9. The SMILES string of the molecule is Cc1ncc(-c2onc(N)c2-c2ccc(F)cc2)s1. The summed E-state index contributed by atoms with van der Waals surface area (Å²) in [5.74, 6) is 0.552. The fraction of sp³-hybridized carbons (Fsp3) is 0.0769. The molecule has 0 aliphatic carbocycles. The fourth-order valence-electron chi connectivity index (χ4n) is 1.83. The highest BCUT2D eigenvalue weighted by Gasteiger charge is 2.19. The smallest absolute Gasteiger partial charge is 0.188 e. The maximum atomic E-state index is 13.0. The zero-order valence-corrected chi connectivity index (χ0v) is 10.9. The molecular formula is C13H10FN3OS. The van der Waals surface area contributed by atoms with E-state index < -0.39 is 0 Å². The highest BCUT2D eigenvalue weighted by Crippen LogP contribution is 2.38. The van der Waals surface area contributed by atoms with Crippen LogP contribution in [-0.2, 0) is 0 Å². The number of benzene rings is 1. The van der Waals surface area contributed by atoms with Gasteiger partial charge < -0.3 is 10.3 Å². The molecule has 0 amide bonds. The molecule has 0 bridgehead atoms. The number of halogens is 1. The molecule has 2 aromatic heterocycles. The van der Waals surface area contributed by atoms with Gasteiger partial charge >= 0.3 is 0 Å². The zero-order chi connectivity index (χ0) is 13.4. The van der Waals surface area contributed by atoms with Gasteiger partial charge in [0, 0.05) is 6.20 Å². The molecule has 0 radical (unpaired) electrons. The van der Waals surface area contributed by atoms with E-state index in [0.717, 1.165) is 15.4 Å². The Morgan fingerprint density at radius 2 is 2.00 bits per heavy atom. The molecule has 0 saturated carbocycles. The van der Waals surface area contributed by atoms with Crippen LogP contribution in [0.4, 0.5) is 10.2 Å². The quantitative estimate of drug-likeness (QED) is 0.777. The van der Waals surface area contributed by atoms with E-state index in [-0.39, 0.29) is 11.6 Å². The molecule has 3 aromatic rings. The summed E-state index contributed by atoms with van der Waals surface area (Å²) in [4.78, 5) is 5.03. The van der Waals surface area contributed by atoms with Crippen LogP contribution in [-0.4, -0.2) is 10.1 Å². The lowest BCUT2D eigenvalue weighted by Gasteiger charge is -2.00. The van der Waals surface area contributed by atoms with Crippen molar-refractivity contribution >= 4 is 17.2 Å². The van der Waals surface area contributed by atoms with Gasteiger partial charge in [0.15, 0.2) is 11.6 Å². The topological polar surface area (TPSA) is 64.9 Å². The summed E-state index contributed by atoms with van der Waals surface area (Å²) in [7, 11) is 0. The van der Waals surface area contributed by atoms with Gasteiger partial charge in [0.2, 0.25) is 0 Å². The second-order valence-electron chi connectivity index (χ2n) is 4.02. The van der Waals surface area contributed by atoms with Gasteiger partial charge in [0.1, 0.15) is 5.82 Å². The molecule has 2 heterocycles. The lowest BCUT2D eigenvalue weighted by atomic mass is 10.1. The van der Waals surface area contributed by atoms with Crippen LogP contribution < -0.4 is 5.73 Å². The van der Waals surface area contributed by atoms with Gasteiger partial charge in [-0.3, -0.25) is 0 Å². The normalized spacial score (nSPS) is 10.8. The lowest BCUT2D eigenvalue weighted by molar-refractivity contribution is 0.437. The average Bonchev–Trinajstić information content (AvgIpc) is 2.97. The average molecular weight is 275 g/mol. The van der Waals surface area contributed by atoms with Gasteiger partial charge in [-0.2, -0.15) is 0 Å². The van der Waals surface area contributed by atoms with Crippen molar-refractivity contribution in [2.75, 3.05) is 5.73 Å². The van der Waals surface area contributed by atoms with Crippen LogP contribution in [0.25, 0.3) is 21.8 Å². The van der Waals surface area contributed by atoms with Crippen LogP contribution in [0.15, 0.2) is 35.0 Å². The molecule has 0 spiro atoms. The predicted octanol–water partition coefficient (Wildman–Crippen LogP) is 3.49. The number of nitrogens with zero attached hydrogens (tertiary/aromatic N) is 2. The van der Waals surface area contributed by atoms with E-state index in [0.29, 0.717) is 11.3 Å². The predicted molar refractivity (Wildman–Crippen MR) is 72.2 cm³/mol. The van der Waals surface area contributed by atoms with E-state index in [1.165, 1.54) is 23.5 Å². The molecule has 0 atom stereocenters. The van der Waals surface area contributed by atoms with Crippen LogP contribution in [0.3, 0.4) is 0 Å².